The fourth-order valence-corrected chi connectivity index (χ4v) is 4.01. The van der Waals surface area contributed by atoms with Crippen molar-refractivity contribution in [3.05, 3.63) is 108 Å². The minimum absolute atomic E-state index is 0.194. The van der Waals surface area contributed by atoms with Crippen LogP contribution in [0.3, 0.4) is 0 Å². The molecule has 2 amide bonds. The molecule has 1 N–H and O–H groups in total. The molecule has 0 fully saturated rings. The summed E-state index contributed by atoms with van der Waals surface area (Å²) in [6, 6.07) is 25.9. The molecule has 0 aromatic heterocycles. The van der Waals surface area contributed by atoms with Crippen LogP contribution in [0.25, 0.3) is 16.5 Å². The van der Waals surface area contributed by atoms with E-state index in [2.05, 4.69) is 11.9 Å². The van der Waals surface area contributed by atoms with Crippen molar-refractivity contribution in [3.8, 4) is 5.75 Å². The normalized spacial score (nSPS) is 12.7. The van der Waals surface area contributed by atoms with E-state index in [-0.39, 0.29) is 11.8 Å². The van der Waals surface area contributed by atoms with E-state index in [1.807, 2.05) is 36.4 Å². The minimum Gasteiger partial charge on any atom is -0.497 e. The van der Waals surface area contributed by atoms with Crippen LogP contribution in [0.4, 0.5) is 11.4 Å². The highest BCUT2D eigenvalue weighted by molar-refractivity contribution is 6.25. The summed E-state index contributed by atoms with van der Waals surface area (Å²) in [6.07, 6.45) is 0. The van der Waals surface area contributed by atoms with Gasteiger partial charge in [0, 0.05) is 11.3 Å². The summed E-state index contributed by atoms with van der Waals surface area (Å²) < 4.78 is 5.16. The Morgan fingerprint density at radius 2 is 1.50 bits per heavy atom. The number of para-hydroxylation sites is 1. The Labute approximate surface area is 185 Å². The lowest BCUT2D eigenvalue weighted by Gasteiger charge is -2.20. The first-order valence-corrected chi connectivity index (χ1v) is 10.2. The number of carbonyl (C=O) groups excluding carboxylic acids is 2. The first-order valence-electron chi connectivity index (χ1n) is 10.2. The monoisotopic (exact) mass is 420 g/mol. The van der Waals surface area contributed by atoms with E-state index < -0.39 is 0 Å². The summed E-state index contributed by atoms with van der Waals surface area (Å²) in [5.41, 5.74) is 3.43. The summed E-state index contributed by atoms with van der Waals surface area (Å²) in [5, 5.41) is 4.91. The number of nitrogens with zero attached hydrogens (tertiary/aromatic N) is 1. The summed E-state index contributed by atoms with van der Waals surface area (Å²) in [6.45, 7) is 4.17. The maximum atomic E-state index is 13.4. The van der Waals surface area contributed by atoms with Crippen molar-refractivity contribution in [1.82, 2.24) is 0 Å². The van der Waals surface area contributed by atoms with Gasteiger partial charge in [-0.25, -0.2) is 0 Å². The van der Waals surface area contributed by atoms with E-state index in [9.17, 15) is 9.59 Å². The molecule has 0 radical (unpaired) electrons. The van der Waals surface area contributed by atoms with Gasteiger partial charge in [0.1, 0.15) is 5.75 Å². The van der Waals surface area contributed by atoms with Crippen LogP contribution in [0.2, 0.25) is 0 Å². The number of rotatable bonds is 4. The lowest BCUT2D eigenvalue weighted by Crippen LogP contribution is -2.25. The van der Waals surface area contributed by atoms with Gasteiger partial charge in [0.15, 0.2) is 0 Å². The number of hydrogen-bond donors (Lipinski definition) is 1. The van der Waals surface area contributed by atoms with Crippen LogP contribution in [0, 0.1) is 0 Å². The highest BCUT2D eigenvalue weighted by atomic mass is 16.5. The number of benzene rings is 4. The zero-order valence-corrected chi connectivity index (χ0v) is 17.5. The molecule has 0 saturated carbocycles. The van der Waals surface area contributed by atoms with Crippen molar-refractivity contribution in [3.63, 3.8) is 0 Å². The molecule has 0 bridgehead atoms. The maximum absolute atomic E-state index is 13.4. The lowest BCUT2D eigenvalue weighted by molar-refractivity contribution is 0.101. The van der Waals surface area contributed by atoms with Gasteiger partial charge in [0.25, 0.3) is 11.8 Å². The Balaban J connectivity index is 1.51. The summed E-state index contributed by atoms with van der Waals surface area (Å²) in [5.74, 6) is 0.195. The topological polar surface area (TPSA) is 58.6 Å². The molecule has 0 saturated heterocycles. The van der Waals surface area contributed by atoms with Crippen molar-refractivity contribution in [2.45, 2.75) is 0 Å². The zero-order valence-electron chi connectivity index (χ0n) is 17.5. The molecule has 0 spiro atoms. The zero-order chi connectivity index (χ0) is 22.2. The molecule has 0 aliphatic carbocycles. The van der Waals surface area contributed by atoms with Gasteiger partial charge in [-0.15, -0.1) is 0 Å². The molecule has 1 heterocycles. The van der Waals surface area contributed by atoms with Gasteiger partial charge < -0.3 is 10.1 Å². The van der Waals surface area contributed by atoms with Crippen LogP contribution in [-0.2, 0) is 0 Å². The van der Waals surface area contributed by atoms with Crippen LogP contribution in [0.15, 0.2) is 91.5 Å². The number of fused-ring (bicyclic) bond motifs is 2. The Hall–Kier alpha value is -4.38. The Morgan fingerprint density at radius 1 is 0.875 bits per heavy atom. The molecule has 0 unspecified atom stereocenters. The molecule has 5 heteroatoms. The molecule has 32 heavy (non-hydrogen) atoms. The first kappa shape index (κ1) is 19.6. The second-order valence-corrected chi connectivity index (χ2v) is 7.53. The van der Waals surface area contributed by atoms with E-state index in [1.165, 1.54) is 4.90 Å². The summed E-state index contributed by atoms with van der Waals surface area (Å²) in [7, 11) is 1.59. The Bertz CT molecular complexity index is 1340. The molecule has 1 aliphatic heterocycles. The van der Waals surface area contributed by atoms with Gasteiger partial charge in [-0.1, -0.05) is 43.0 Å². The van der Waals surface area contributed by atoms with Crippen LogP contribution in [0.1, 0.15) is 26.3 Å². The number of amides is 2. The number of nitrogens with one attached hydrogen (secondary N) is 1. The average molecular weight is 420 g/mol. The fourth-order valence-electron chi connectivity index (χ4n) is 4.01. The number of methoxy groups -OCH3 is 1. The van der Waals surface area contributed by atoms with Crippen molar-refractivity contribution in [1.29, 1.82) is 0 Å². The van der Waals surface area contributed by atoms with E-state index in [1.54, 1.807) is 55.6 Å². The first-order chi connectivity index (χ1) is 15.6. The van der Waals surface area contributed by atoms with Gasteiger partial charge in [-0.05, 0) is 59.3 Å². The molecule has 1 aliphatic rings. The summed E-state index contributed by atoms with van der Waals surface area (Å²) >= 11 is 0. The fraction of sp³-hybridized carbons (Fsp3) is 0.0370. The van der Waals surface area contributed by atoms with Crippen LogP contribution < -0.4 is 15.0 Å². The quantitative estimate of drug-likeness (QED) is 0.459. The molecule has 5 nitrogen and oxygen atoms in total. The van der Waals surface area contributed by atoms with Crippen LogP contribution in [-0.4, -0.2) is 18.9 Å². The van der Waals surface area contributed by atoms with Crippen molar-refractivity contribution < 1.29 is 14.3 Å². The number of carbonyl (C=O) groups is 2. The molecular formula is C27H20N2O3. The lowest BCUT2D eigenvalue weighted by atomic mass is 10.0. The minimum atomic E-state index is -0.313. The van der Waals surface area contributed by atoms with E-state index in [0.29, 0.717) is 33.9 Å². The molecule has 156 valence electrons. The van der Waals surface area contributed by atoms with Gasteiger partial charge in [-0.3, -0.25) is 14.5 Å². The Kier molecular flexibility index (Phi) is 4.71. The Morgan fingerprint density at radius 3 is 2.19 bits per heavy atom. The molecule has 4 aromatic rings. The molecule has 5 rings (SSSR count). The van der Waals surface area contributed by atoms with Crippen molar-refractivity contribution in [2.24, 2.45) is 0 Å². The van der Waals surface area contributed by atoms with Gasteiger partial charge >= 0.3 is 0 Å². The van der Waals surface area contributed by atoms with E-state index >= 15 is 0 Å². The SMILES string of the molecule is C=C1c2cc3ccccc3cc2C(=O)N1c1ccccc1C(=O)Nc1ccc(OC)cc1. The predicted molar refractivity (Wildman–Crippen MR) is 127 cm³/mol. The third-order valence-electron chi connectivity index (χ3n) is 5.64. The highest BCUT2D eigenvalue weighted by Gasteiger charge is 2.34. The second-order valence-electron chi connectivity index (χ2n) is 7.53. The van der Waals surface area contributed by atoms with Crippen LogP contribution in [0.5, 0.6) is 5.75 Å². The van der Waals surface area contributed by atoms with Crippen molar-refractivity contribution in [2.75, 3.05) is 17.3 Å². The van der Waals surface area contributed by atoms with Gasteiger partial charge in [0.2, 0.25) is 0 Å². The number of anilines is 2. The second kappa shape index (κ2) is 7.71. The standard InChI is InChI=1S/C27H20N2O3/c1-17-23-15-18-7-3-4-8-19(18)16-24(23)27(31)29(17)25-10-6-5-9-22(25)26(30)28-20-11-13-21(32-2)14-12-20/h3-16H,1H2,2H3,(H,28,30). The maximum Gasteiger partial charge on any atom is 0.263 e. The third kappa shape index (κ3) is 3.20. The molecule has 0 atom stereocenters. The number of ether oxygens (including phenoxy) is 1. The van der Waals surface area contributed by atoms with Gasteiger partial charge in [-0.2, -0.15) is 0 Å². The molecule has 4 aromatic carbocycles. The largest absolute Gasteiger partial charge is 0.497 e. The van der Waals surface area contributed by atoms with Gasteiger partial charge in [0.05, 0.1) is 29.6 Å². The summed E-state index contributed by atoms with van der Waals surface area (Å²) in [4.78, 5) is 28.0. The van der Waals surface area contributed by atoms with E-state index in [0.717, 1.165) is 16.3 Å². The molecular weight excluding hydrogens is 400 g/mol. The van der Waals surface area contributed by atoms with Crippen LogP contribution >= 0.6 is 0 Å². The number of hydrogen-bond acceptors (Lipinski definition) is 3. The smallest absolute Gasteiger partial charge is 0.263 e. The average Bonchev–Trinajstić information content (AvgIpc) is 3.07. The highest BCUT2D eigenvalue weighted by Crippen LogP contribution is 2.39. The van der Waals surface area contributed by atoms with Crippen molar-refractivity contribution >= 4 is 39.7 Å². The van der Waals surface area contributed by atoms with E-state index in [4.69, 9.17) is 4.74 Å². The third-order valence-corrected chi connectivity index (χ3v) is 5.64. The predicted octanol–water partition coefficient (Wildman–Crippen LogP) is 5.73.